The van der Waals surface area contributed by atoms with Crippen LogP contribution >= 0.6 is 0 Å². The Labute approximate surface area is 188 Å². The Kier molecular flexibility index (Phi) is 8.02. The summed E-state index contributed by atoms with van der Waals surface area (Å²) < 4.78 is 78.4. The molecule has 0 saturated heterocycles. The minimum absolute atomic E-state index is 0.0241. The van der Waals surface area contributed by atoms with Crippen LogP contribution in [-0.4, -0.2) is 23.1 Å². The third kappa shape index (κ3) is 5.26. The van der Waals surface area contributed by atoms with Gasteiger partial charge in [0.25, 0.3) is 0 Å². The van der Waals surface area contributed by atoms with E-state index in [1.165, 1.54) is 12.3 Å². The minimum atomic E-state index is -5.91. The van der Waals surface area contributed by atoms with E-state index in [-0.39, 0.29) is 17.8 Å². The van der Waals surface area contributed by atoms with Gasteiger partial charge in [-0.1, -0.05) is 66.2 Å². The Morgan fingerprint density at radius 3 is 2.16 bits per heavy atom. The van der Waals surface area contributed by atoms with Crippen LogP contribution < -0.4 is 0 Å². The zero-order chi connectivity index (χ0) is 24.6. The van der Waals surface area contributed by atoms with Gasteiger partial charge in [0.1, 0.15) is 0 Å². The molecule has 0 aliphatic heterocycles. The summed E-state index contributed by atoms with van der Waals surface area (Å²) in [7, 11) is 0. The molecule has 0 bridgehead atoms. The largest absolute Gasteiger partial charge is 0.438 e. The van der Waals surface area contributed by atoms with Crippen molar-refractivity contribution in [1.29, 1.82) is 0 Å². The SMILES string of the molecule is CC(C)CCC[C@](C)(CC#CC(O)(C(F)(F)F)C(F)(F)F)[C@H]1CCC2[C@@H](C)CCC[C@@]21C. The highest BCUT2D eigenvalue weighted by Crippen LogP contribution is 2.63. The summed E-state index contributed by atoms with van der Waals surface area (Å²) in [4.78, 5) is 0. The zero-order valence-electron chi connectivity index (χ0n) is 19.9. The van der Waals surface area contributed by atoms with Gasteiger partial charge >= 0.3 is 18.0 Å². The summed E-state index contributed by atoms with van der Waals surface area (Å²) in [6.07, 6.45) is -4.12. The van der Waals surface area contributed by atoms with E-state index in [1.54, 1.807) is 0 Å². The molecule has 2 rings (SSSR count). The topological polar surface area (TPSA) is 20.2 Å². The number of rotatable bonds is 6. The minimum Gasteiger partial charge on any atom is -0.363 e. The Bertz CT molecular complexity index is 686. The van der Waals surface area contributed by atoms with Crippen LogP contribution in [0.5, 0.6) is 0 Å². The number of hydrogen-bond donors (Lipinski definition) is 1. The quantitative estimate of drug-likeness (QED) is 0.310. The first-order valence-corrected chi connectivity index (χ1v) is 11.8. The van der Waals surface area contributed by atoms with Crippen LogP contribution in [0.1, 0.15) is 92.4 Å². The molecule has 0 heterocycles. The van der Waals surface area contributed by atoms with Gasteiger partial charge in [0.2, 0.25) is 0 Å². The molecule has 1 unspecified atom stereocenters. The van der Waals surface area contributed by atoms with Crippen LogP contribution in [0.25, 0.3) is 0 Å². The lowest BCUT2D eigenvalue weighted by molar-refractivity contribution is -0.343. The Balaban J connectivity index is 2.37. The molecule has 0 spiro atoms. The molecule has 0 amide bonds. The lowest BCUT2D eigenvalue weighted by Gasteiger charge is -2.50. The van der Waals surface area contributed by atoms with E-state index in [0.29, 0.717) is 24.2 Å². The van der Waals surface area contributed by atoms with Gasteiger partial charge in [0.15, 0.2) is 0 Å². The first-order chi connectivity index (χ1) is 14.5. The van der Waals surface area contributed by atoms with E-state index in [9.17, 15) is 31.4 Å². The van der Waals surface area contributed by atoms with E-state index in [1.807, 2.05) is 6.92 Å². The summed E-state index contributed by atoms with van der Waals surface area (Å²) in [6, 6.07) is 0. The highest BCUT2D eigenvalue weighted by molar-refractivity contribution is 5.22. The van der Waals surface area contributed by atoms with Crippen molar-refractivity contribution in [3.63, 3.8) is 0 Å². The van der Waals surface area contributed by atoms with Crippen molar-refractivity contribution in [3.05, 3.63) is 0 Å². The molecular formula is C25H38F6O. The molecule has 0 aromatic heterocycles. The highest BCUT2D eigenvalue weighted by Gasteiger charge is 2.70. The molecule has 5 atom stereocenters. The average Bonchev–Trinajstić information content (AvgIpc) is 2.98. The highest BCUT2D eigenvalue weighted by atomic mass is 19.4. The number of aliphatic hydroxyl groups is 1. The van der Waals surface area contributed by atoms with Crippen molar-refractivity contribution in [1.82, 2.24) is 0 Å². The summed E-state index contributed by atoms with van der Waals surface area (Å²) in [6.45, 7) is 10.7. The predicted molar refractivity (Wildman–Crippen MR) is 114 cm³/mol. The molecular weight excluding hydrogens is 430 g/mol. The maximum absolute atomic E-state index is 13.1. The van der Waals surface area contributed by atoms with Gasteiger partial charge in [-0.15, -0.1) is 0 Å². The van der Waals surface area contributed by atoms with Gasteiger partial charge < -0.3 is 5.11 Å². The van der Waals surface area contributed by atoms with E-state index in [2.05, 4.69) is 33.6 Å². The van der Waals surface area contributed by atoms with Crippen LogP contribution in [0.15, 0.2) is 0 Å². The monoisotopic (exact) mass is 468 g/mol. The molecule has 1 nitrogen and oxygen atoms in total. The molecule has 186 valence electrons. The Morgan fingerprint density at radius 2 is 1.62 bits per heavy atom. The standard InChI is InChI=1S/C25H38F6O/c1-17(2)9-6-13-21(4,14-8-16-23(32,24(26,27)28)25(29,30)31)20-12-11-19-18(3)10-7-15-22(19,20)5/h17-20,32H,6-7,9-15H2,1-5H3/t18-,19?,20+,21+,22-/m0/s1. The third-order valence-corrected chi connectivity index (χ3v) is 8.42. The fourth-order valence-electron chi connectivity index (χ4n) is 6.69. The average molecular weight is 469 g/mol. The molecule has 2 aliphatic rings. The Hall–Kier alpha value is -0.900. The number of alkyl halides is 6. The second kappa shape index (κ2) is 9.39. The fourth-order valence-corrected chi connectivity index (χ4v) is 6.69. The fraction of sp³-hybridized carbons (Fsp3) is 0.920. The molecule has 0 radical (unpaired) electrons. The van der Waals surface area contributed by atoms with Gasteiger partial charge in [-0.2, -0.15) is 26.3 Å². The summed E-state index contributed by atoms with van der Waals surface area (Å²) >= 11 is 0. The Morgan fingerprint density at radius 1 is 1.03 bits per heavy atom. The second-order valence-electron chi connectivity index (χ2n) is 11.2. The van der Waals surface area contributed by atoms with E-state index in [0.717, 1.165) is 38.5 Å². The first kappa shape index (κ1) is 27.3. The first-order valence-electron chi connectivity index (χ1n) is 11.8. The molecule has 0 aromatic carbocycles. The van der Waals surface area contributed by atoms with E-state index >= 15 is 0 Å². The zero-order valence-corrected chi connectivity index (χ0v) is 19.9. The normalized spacial score (nSPS) is 31.1. The molecule has 2 saturated carbocycles. The molecule has 0 aromatic rings. The number of halogens is 6. The smallest absolute Gasteiger partial charge is 0.363 e. The summed E-state index contributed by atoms with van der Waals surface area (Å²) in [5, 5.41) is 9.44. The third-order valence-electron chi connectivity index (χ3n) is 8.42. The van der Waals surface area contributed by atoms with Crippen LogP contribution in [-0.2, 0) is 0 Å². The lowest BCUT2D eigenvalue weighted by atomic mass is 9.55. The van der Waals surface area contributed by atoms with Crippen molar-refractivity contribution in [2.24, 2.45) is 34.5 Å². The molecule has 7 heteroatoms. The predicted octanol–water partition coefficient (Wildman–Crippen LogP) is 7.92. The van der Waals surface area contributed by atoms with Crippen molar-refractivity contribution in [3.8, 4) is 11.8 Å². The van der Waals surface area contributed by atoms with Crippen molar-refractivity contribution < 1.29 is 31.4 Å². The van der Waals surface area contributed by atoms with E-state index in [4.69, 9.17) is 0 Å². The summed E-state index contributed by atoms with van der Waals surface area (Å²) in [5.41, 5.74) is -5.48. The van der Waals surface area contributed by atoms with Crippen molar-refractivity contribution in [2.75, 3.05) is 0 Å². The van der Waals surface area contributed by atoms with Crippen LogP contribution in [0.4, 0.5) is 26.3 Å². The molecule has 32 heavy (non-hydrogen) atoms. The van der Waals surface area contributed by atoms with Gasteiger partial charge in [-0.3, -0.25) is 0 Å². The second-order valence-corrected chi connectivity index (χ2v) is 11.2. The molecule has 2 fully saturated rings. The number of fused-ring (bicyclic) bond motifs is 1. The van der Waals surface area contributed by atoms with Crippen LogP contribution in [0.3, 0.4) is 0 Å². The maximum Gasteiger partial charge on any atom is 0.438 e. The van der Waals surface area contributed by atoms with Crippen molar-refractivity contribution in [2.45, 2.75) is 110 Å². The molecule has 2 aliphatic carbocycles. The number of hydrogen-bond acceptors (Lipinski definition) is 1. The van der Waals surface area contributed by atoms with Gasteiger partial charge in [0.05, 0.1) is 0 Å². The lowest BCUT2D eigenvalue weighted by Crippen LogP contribution is -2.55. The van der Waals surface area contributed by atoms with Gasteiger partial charge in [-0.25, -0.2) is 0 Å². The summed E-state index contributed by atoms with van der Waals surface area (Å²) in [5.74, 6) is 5.14. The maximum atomic E-state index is 13.1. The molecule has 1 N–H and O–H groups in total. The van der Waals surface area contributed by atoms with Gasteiger partial charge in [-0.05, 0) is 66.1 Å². The van der Waals surface area contributed by atoms with Crippen LogP contribution in [0.2, 0.25) is 0 Å². The van der Waals surface area contributed by atoms with E-state index < -0.39 is 23.4 Å². The van der Waals surface area contributed by atoms with Crippen LogP contribution in [0, 0.1) is 46.3 Å². The van der Waals surface area contributed by atoms with Crippen molar-refractivity contribution >= 4 is 0 Å². The van der Waals surface area contributed by atoms with Gasteiger partial charge in [0, 0.05) is 6.42 Å².